The molecule has 21 heavy (non-hydrogen) atoms. The Kier molecular flexibility index (Phi) is 4.85. The summed E-state index contributed by atoms with van der Waals surface area (Å²) in [7, 11) is 0. The first-order chi connectivity index (χ1) is 9.66. The van der Waals surface area contributed by atoms with Crippen molar-refractivity contribution in [3.8, 4) is 0 Å². The third kappa shape index (κ3) is 3.04. The lowest BCUT2D eigenvalue weighted by atomic mass is 9.92. The molecule has 3 rings (SSSR count). The van der Waals surface area contributed by atoms with Gasteiger partial charge < -0.3 is 16.0 Å². The zero-order chi connectivity index (χ0) is 14.1. The van der Waals surface area contributed by atoms with Gasteiger partial charge in [0.15, 0.2) is 0 Å². The number of fused-ring (bicyclic) bond motifs is 1. The molecule has 2 unspecified atom stereocenters. The maximum Gasteiger partial charge on any atom is 0.240 e. The zero-order valence-corrected chi connectivity index (χ0v) is 12.6. The van der Waals surface area contributed by atoms with Crippen LogP contribution in [0.25, 0.3) is 0 Å². The van der Waals surface area contributed by atoms with E-state index in [1.165, 1.54) is 0 Å². The van der Waals surface area contributed by atoms with Crippen molar-refractivity contribution in [1.29, 1.82) is 0 Å². The molecule has 2 heterocycles. The lowest BCUT2D eigenvalue weighted by molar-refractivity contribution is -0.143. The standard InChI is InChI=1S/C15H19N3O2.ClH/c16-14(19)13-7-10-3-1-2-4-12(10)9-18(13)15(20)11-5-6-17-8-11;/h1-4,11,13,17H,5-9H2,(H2,16,19);1H. The average molecular weight is 310 g/mol. The van der Waals surface area contributed by atoms with E-state index in [9.17, 15) is 9.59 Å². The van der Waals surface area contributed by atoms with E-state index in [1.54, 1.807) is 4.90 Å². The van der Waals surface area contributed by atoms with Gasteiger partial charge in [-0.2, -0.15) is 0 Å². The number of benzene rings is 1. The molecule has 1 aromatic rings. The fourth-order valence-electron chi connectivity index (χ4n) is 3.11. The van der Waals surface area contributed by atoms with Crippen LogP contribution in [0, 0.1) is 5.92 Å². The lowest BCUT2D eigenvalue weighted by Crippen LogP contribution is -2.53. The van der Waals surface area contributed by atoms with Crippen molar-refractivity contribution in [3.63, 3.8) is 0 Å². The monoisotopic (exact) mass is 309 g/mol. The van der Waals surface area contributed by atoms with Gasteiger partial charge in [-0.3, -0.25) is 9.59 Å². The van der Waals surface area contributed by atoms with Crippen LogP contribution in [0.2, 0.25) is 0 Å². The molecule has 1 aromatic carbocycles. The smallest absolute Gasteiger partial charge is 0.240 e. The zero-order valence-electron chi connectivity index (χ0n) is 11.7. The Balaban J connectivity index is 0.00000161. The predicted molar refractivity (Wildman–Crippen MR) is 81.9 cm³/mol. The quantitative estimate of drug-likeness (QED) is 0.833. The van der Waals surface area contributed by atoms with Crippen molar-refractivity contribution in [2.45, 2.75) is 25.4 Å². The molecular formula is C15H20ClN3O2. The number of rotatable bonds is 2. The summed E-state index contributed by atoms with van der Waals surface area (Å²) in [5.74, 6) is -0.394. The number of carbonyl (C=O) groups excluding carboxylic acids is 2. The minimum Gasteiger partial charge on any atom is -0.368 e. The van der Waals surface area contributed by atoms with E-state index < -0.39 is 11.9 Å². The van der Waals surface area contributed by atoms with Gasteiger partial charge in [0.05, 0.1) is 5.92 Å². The Morgan fingerprint density at radius 2 is 1.95 bits per heavy atom. The Morgan fingerprint density at radius 3 is 2.57 bits per heavy atom. The minimum atomic E-state index is -0.516. The van der Waals surface area contributed by atoms with Crippen LogP contribution in [0.5, 0.6) is 0 Å². The molecule has 1 fully saturated rings. The highest BCUT2D eigenvalue weighted by atomic mass is 35.5. The van der Waals surface area contributed by atoms with Gasteiger partial charge in [-0.25, -0.2) is 0 Å². The molecule has 0 aliphatic carbocycles. The van der Waals surface area contributed by atoms with Gasteiger partial charge in [0.2, 0.25) is 11.8 Å². The topological polar surface area (TPSA) is 75.4 Å². The van der Waals surface area contributed by atoms with Crippen LogP contribution in [-0.2, 0) is 22.6 Å². The molecule has 0 spiro atoms. The van der Waals surface area contributed by atoms with Gasteiger partial charge in [0.25, 0.3) is 0 Å². The fourth-order valence-corrected chi connectivity index (χ4v) is 3.11. The molecule has 2 atom stereocenters. The van der Waals surface area contributed by atoms with Gasteiger partial charge in [-0.1, -0.05) is 24.3 Å². The van der Waals surface area contributed by atoms with Gasteiger partial charge in [-0.05, 0) is 24.1 Å². The van der Waals surface area contributed by atoms with E-state index >= 15 is 0 Å². The molecule has 2 amide bonds. The van der Waals surface area contributed by atoms with Crippen molar-refractivity contribution in [2.24, 2.45) is 11.7 Å². The number of nitrogens with zero attached hydrogens (tertiary/aromatic N) is 1. The van der Waals surface area contributed by atoms with Gasteiger partial charge in [-0.15, -0.1) is 12.4 Å². The summed E-state index contributed by atoms with van der Waals surface area (Å²) in [4.78, 5) is 26.0. The van der Waals surface area contributed by atoms with Gasteiger partial charge >= 0.3 is 0 Å². The molecule has 5 nitrogen and oxygen atoms in total. The minimum absolute atomic E-state index is 0. The molecule has 0 radical (unpaired) electrons. The molecule has 2 aliphatic rings. The van der Waals surface area contributed by atoms with Crippen molar-refractivity contribution < 1.29 is 9.59 Å². The van der Waals surface area contributed by atoms with E-state index in [0.29, 0.717) is 19.5 Å². The molecule has 0 saturated carbocycles. The normalized spacial score (nSPS) is 24.1. The number of hydrogen-bond donors (Lipinski definition) is 2. The first-order valence-electron chi connectivity index (χ1n) is 7.04. The highest BCUT2D eigenvalue weighted by molar-refractivity contribution is 5.88. The highest BCUT2D eigenvalue weighted by Crippen LogP contribution is 2.25. The summed E-state index contributed by atoms with van der Waals surface area (Å²) in [6.45, 7) is 2.05. The van der Waals surface area contributed by atoms with E-state index in [-0.39, 0.29) is 24.2 Å². The number of hydrogen-bond acceptors (Lipinski definition) is 3. The molecule has 0 bridgehead atoms. The third-order valence-corrected chi connectivity index (χ3v) is 4.27. The summed E-state index contributed by atoms with van der Waals surface area (Å²) >= 11 is 0. The van der Waals surface area contributed by atoms with Crippen molar-refractivity contribution in [1.82, 2.24) is 10.2 Å². The van der Waals surface area contributed by atoms with E-state index in [0.717, 1.165) is 24.1 Å². The molecule has 6 heteroatoms. The fraction of sp³-hybridized carbons (Fsp3) is 0.467. The maximum absolute atomic E-state index is 12.6. The first kappa shape index (κ1) is 15.8. The van der Waals surface area contributed by atoms with Crippen LogP contribution >= 0.6 is 12.4 Å². The molecule has 0 aromatic heterocycles. The Labute approximate surface area is 130 Å². The molecule has 2 aliphatic heterocycles. The first-order valence-corrected chi connectivity index (χ1v) is 7.04. The van der Waals surface area contributed by atoms with E-state index in [2.05, 4.69) is 5.32 Å². The number of nitrogens with two attached hydrogens (primary N) is 1. The van der Waals surface area contributed by atoms with Crippen LogP contribution in [-0.4, -0.2) is 35.8 Å². The summed E-state index contributed by atoms with van der Waals surface area (Å²) in [5.41, 5.74) is 7.73. The summed E-state index contributed by atoms with van der Waals surface area (Å²) in [5, 5.41) is 3.19. The van der Waals surface area contributed by atoms with Crippen molar-refractivity contribution in [3.05, 3.63) is 35.4 Å². The number of halogens is 1. The maximum atomic E-state index is 12.6. The van der Waals surface area contributed by atoms with E-state index in [4.69, 9.17) is 5.73 Å². The Hall–Kier alpha value is -1.59. The summed E-state index contributed by atoms with van der Waals surface area (Å²) in [6, 6.07) is 7.42. The molecular weight excluding hydrogens is 290 g/mol. The van der Waals surface area contributed by atoms with Gasteiger partial charge in [0, 0.05) is 19.5 Å². The van der Waals surface area contributed by atoms with Crippen LogP contribution in [0.15, 0.2) is 24.3 Å². The number of nitrogens with one attached hydrogen (secondary N) is 1. The molecule has 1 saturated heterocycles. The van der Waals surface area contributed by atoms with Crippen molar-refractivity contribution >= 4 is 24.2 Å². The second-order valence-electron chi connectivity index (χ2n) is 5.55. The SMILES string of the molecule is Cl.NC(=O)C1Cc2ccccc2CN1C(=O)C1CCNC1. The largest absolute Gasteiger partial charge is 0.368 e. The number of carbonyl (C=O) groups is 2. The second kappa shape index (κ2) is 6.45. The third-order valence-electron chi connectivity index (χ3n) is 4.27. The average Bonchev–Trinajstić information content (AvgIpc) is 2.99. The summed E-state index contributed by atoms with van der Waals surface area (Å²) < 4.78 is 0. The van der Waals surface area contributed by atoms with Crippen LogP contribution in [0.4, 0.5) is 0 Å². The Bertz CT molecular complexity index is 543. The van der Waals surface area contributed by atoms with Crippen LogP contribution in [0.1, 0.15) is 17.5 Å². The van der Waals surface area contributed by atoms with E-state index in [1.807, 2.05) is 24.3 Å². The van der Waals surface area contributed by atoms with Crippen LogP contribution < -0.4 is 11.1 Å². The lowest BCUT2D eigenvalue weighted by Gasteiger charge is -2.36. The van der Waals surface area contributed by atoms with Crippen LogP contribution in [0.3, 0.4) is 0 Å². The predicted octanol–water partition coefficient (Wildman–Crippen LogP) is 0.456. The number of amides is 2. The molecule has 3 N–H and O–H groups in total. The Morgan fingerprint density at radius 1 is 1.24 bits per heavy atom. The number of primary amides is 1. The van der Waals surface area contributed by atoms with Gasteiger partial charge in [0.1, 0.15) is 6.04 Å². The summed E-state index contributed by atoms with van der Waals surface area (Å²) in [6.07, 6.45) is 1.36. The second-order valence-corrected chi connectivity index (χ2v) is 5.55. The highest BCUT2D eigenvalue weighted by Gasteiger charge is 2.36. The van der Waals surface area contributed by atoms with Crippen molar-refractivity contribution in [2.75, 3.05) is 13.1 Å². The molecule has 114 valence electrons.